The Morgan fingerprint density at radius 2 is 1.97 bits per heavy atom. The third kappa shape index (κ3) is 4.14. The van der Waals surface area contributed by atoms with Gasteiger partial charge in [0.15, 0.2) is 11.5 Å². The van der Waals surface area contributed by atoms with Crippen LogP contribution in [0.4, 0.5) is 0 Å². The molecule has 0 radical (unpaired) electrons. The average molecular weight is 453 g/mol. The first-order chi connectivity index (χ1) is 15.7. The van der Waals surface area contributed by atoms with E-state index in [1.165, 1.54) is 18.1 Å². The van der Waals surface area contributed by atoms with Gasteiger partial charge in [0.2, 0.25) is 0 Å². The number of hydrogen-bond acceptors (Lipinski definition) is 7. The van der Waals surface area contributed by atoms with Gasteiger partial charge in [0.1, 0.15) is 17.6 Å². The summed E-state index contributed by atoms with van der Waals surface area (Å²) in [4.78, 5) is 29.5. The van der Waals surface area contributed by atoms with Crippen LogP contribution in [0.2, 0.25) is 0 Å². The average Bonchev–Trinajstić information content (AvgIpc) is 3.27. The molecule has 0 bridgehead atoms. The van der Waals surface area contributed by atoms with Gasteiger partial charge in [-0.2, -0.15) is 0 Å². The summed E-state index contributed by atoms with van der Waals surface area (Å²) in [6, 6.07) is 9.11. The van der Waals surface area contributed by atoms with E-state index in [1.54, 1.807) is 30.3 Å². The molecule has 0 saturated carbocycles. The number of rotatable bonds is 6. The smallest absolute Gasteiger partial charge is 0.295 e. The van der Waals surface area contributed by atoms with Crippen molar-refractivity contribution < 1.29 is 29.3 Å². The van der Waals surface area contributed by atoms with Crippen LogP contribution in [0.5, 0.6) is 17.2 Å². The molecule has 2 aromatic carbocycles. The zero-order chi connectivity index (χ0) is 23.9. The number of phenolic OH excluding ortho intramolecular Hbond substituents is 1. The molecule has 8 heteroatoms. The van der Waals surface area contributed by atoms with Gasteiger partial charge in [-0.05, 0) is 62.5 Å². The summed E-state index contributed by atoms with van der Waals surface area (Å²) in [5, 5.41) is 21.3. The summed E-state index contributed by atoms with van der Waals surface area (Å²) >= 11 is 0. The number of hydrogen-bond donors (Lipinski definition) is 2. The normalized spacial score (nSPS) is 21.4. The number of ether oxygens (including phenoxy) is 2. The van der Waals surface area contributed by atoms with E-state index in [4.69, 9.17) is 9.47 Å². The number of likely N-dealkylation sites (tertiary alicyclic amines) is 1. The molecule has 1 saturated heterocycles. The lowest BCUT2D eigenvalue weighted by Gasteiger charge is -2.27. The Morgan fingerprint density at radius 1 is 1.21 bits per heavy atom. The first-order valence-electron chi connectivity index (χ1n) is 10.8. The Kier molecular flexibility index (Phi) is 6.03. The zero-order valence-electron chi connectivity index (χ0n) is 19.2. The van der Waals surface area contributed by atoms with Crippen molar-refractivity contribution in [2.24, 2.45) is 0 Å². The Labute approximate surface area is 192 Å². The summed E-state index contributed by atoms with van der Waals surface area (Å²) < 4.78 is 11.0. The van der Waals surface area contributed by atoms with Crippen LogP contribution in [0.15, 0.2) is 42.0 Å². The molecule has 2 unspecified atom stereocenters. The van der Waals surface area contributed by atoms with Crippen molar-refractivity contribution in [3.63, 3.8) is 0 Å². The van der Waals surface area contributed by atoms with Crippen molar-refractivity contribution in [2.75, 3.05) is 34.3 Å². The third-order valence-electron chi connectivity index (χ3n) is 6.02. The fourth-order valence-corrected chi connectivity index (χ4v) is 4.35. The molecule has 0 aliphatic carbocycles. The zero-order valence-corrected chi connectivity index (χ0v) is 19.2. The summed E-state index contributed by atoms with van der Waals surface area (Å²) in [6.07, 6.45) is 0.741. The summed E-state index contributed by atoms with van der Waals surface area (Å²) in [7, 11) is 5.18. The van der Waals surface area contributed by atoms with Crippen molar-refractivity contribution in [3.8, 4) is 17.2 Å². The number of likely N-dealkylation sites (N-methyl/N-ethyl adjacent to an activating group) is 1. The maximum atomic E-state index is 13.1. The van der Waals surface area contributed by atoms with Gasteiger partial charge in [-0.3, -0.25) is 9.59 Å². The van der Waals surface area contributed by atoms with E-state index >= 15 is 0 Å². The van der Waals surface area contributed by atoms with Crippen molar-refractivity contribution in [3.05, 3.63) is 58.7 Å². The minimum absolute atomic E-state index is 0.0124. The van der Waals surface area contributed by atoms with E-state index in [0.717, 1.165) is 11.3 Å². The van der Waals surface area contributed by atoms with Crippen molar-refractivity contribution in [2.45, 2.75) is 25.5 Å². The van der Waals surface area contributed by atoms with Crippen LogP contribution < -0.4 is 9.47 Å². The Morgan fingerprint density at radius 3 is 2.67 bits per heavy atom. The quantitative estimate of drug-likeness (QED) is 0.395. The van der Waals surface area contributed by atoms with E-state index in [2.05, 4.69) is 0 Å². The lowest BCUT2D eigenvalue weighted by atomic mass is 9.94. The molecule has 2 N–H and O–H groups in total. The molecule has 2 aromatic rings. The second-order valence-electron chi connectivity index (χ2n) is 8.68. The van der Waals surface area contributed by atoms with Gasteiger partial charge < -0.3 is 29.5 Å². The molecule has 8 nitrogen and oxygen atoms in total. The Balaban J connectivity index is 1.84. The monoisotopic (exact) mass is 452 g/mol. The number of methoxy groups -OCH3 is 1. The molecule has 2 atom stereocenters. The van der Waals surface area contributed by atoms with E-state index < -0.39 is 17.7 Å². The first-order valence-corrected chi connectivity index (χ1v) is 10.8. The van der Waals surface area contributed by atoms with Crippen molar-refractivity contribution >= 4 is 17.4 Å². The van der Waals surface area contributed by atoms with Crippen LogP contribution in [-0.4, -0.2) is 72.1 Å². The number of nitrogens with zero attached hydrogens (tertiary/aromatic N) is 2. The van der Waals surface area contributed by atoms with Gasteiger partial charge in [0.25, 0.3) is 11.7 Å². The number of aromatic hydroxyl groups is 1. The van der Waals surface area contributed by atoms with Crippen molar-refractivity contribution in [1.82, 2.24) is 9.80 Å². The van der Waals surface area contributed by atoms with Gasteiger partial charge in [0, 0.05) is 25.1 Å². The molecule has 2 aliphatic rings. The van der Waals surface area contributed by atoms with Gasteiger partial charge in [0.05, 0.1) is 18.7 Å². The van der Waals surface area contributed by atoms with Gasteiger partial charge in [-0.25, -0.2) is 0 Å². The highest BCUT2D eigenvalue weighted by molar-refractivity contribution is 6.46. The first kappa shape index (κ1) is 22.7. The third-order valence-corrected chi connectivity index (χ3v) is 6.02. The van der Waals surface area contributed by atoms with Gasteiger partial charge in [-0.1, -0.05) is 6.07 Å². The van der Waals surface area contributed by atoms with E-state index in [0.29, 0.717) is 24.1 Å². The summed E-state index contributed by atoms with van der Waals surface area (Å²) in [5.74, 6) is -0.735. The van der Waals surface area contributed by atoms with Crippen LogP contribution in [-0.2, 0) is 16.0 Å². The van der Waals surface area contributed by atoms with Crippen LogP contribution >= 0.6 is 0 Å². The predicted octanol–water partition coefficient (Wildman–Crippen LogP) is 2.71. The molecule has 2 aliphatic heterocycles. The topological polar surface area (TPSA) is 99.5 Å². The number of carbonyl (C=O) groups is 2. The number of fused-ring (bicyclic) bond motifs is 1. The van der Waals surface area contributed by atoms with E-state index in [-0.39, 0.29) is 35.5 Å². The van der Waals surface area contributed by atoms with Gasteiger partial charge >= 0.3 is 0 Å². The summed E-state index contributed by atoms with van der Waals surface area (Å²) in [6.45, 7) is 2.79. The maximum Gasteiger partial charge on any atom is 0.295 e. The number of amides is 1. The van der Waals surface area contributed by atoms with Crippen molar-refractivity contribution in [1.29, 1.82) is 0 Å². The summed E-state index contributed by atoms with van der Waals surface area (Å²) in [5.41, 5.74) is 1.96. The molecule has 2 heterocycles. The number of benzene rings is 2. The molecule has 0 spiro atoms. The highest BCUT2D eigenvalue weighted by Gasteiger charge is 2.46. The van der Waals surface area contributed by atoms with E-state index in [9.17, 15) is 19.8 Å². The predicted molar refractivity (Wildman–Crippen MR) is 122 cm³/mol. The fourth-order valence-electron chi connectivity index (χ4n) is 4.35. The fraction of sp³-hybridized carbons (Fsp3) is 0.360. The lowest BCUT2D eigenvalue weighted by Crippen LogP contribution is -2.35. The minimum Gasteiger partial charge on any atom is -0.507 e. The number of carbonyl (C=O) groups excluding carboxylic acids is 2. The molecule has 1 amide bonds. The second-order valence-corrected chi connectivity index (χ2v) is 8.68. The van der Waals surface area contributed by atoms with Gasteiger partial charge in [-0.15, -0.1) is 0 Å². The Bertz CT molecular complexity index is 1140. The van der Waals surface area contributed by atoms with E-state index in [1.807, 2.05) is 25.9 Å². The highest BCUT2D eigenvalue weighted by atomic mass is 16.5. The maximum absolute atomic E-state index is 13.1. The molecular weight excluding hydrogens is 424 g/mol. The standard InChI is InChI=1S/C25H28N2O6/c1-14-11-17-12-16(6-8-19(17)33-14)23(29)21-22(15-5-7-18(28)20(13-15)32-4)27(10-9-26(2)3)25(31)24(21)30/h5-8,12-14,22,28-29H,9-11H2,1-4H3/b23-21+. The van der Waals surface area contributed by atoms with Crippen LogP contribution in [0.3, 0.4) is 0 Å². The molecular formula is C25H28N2O6. The number of ketones is 1. The number of phenols is 1. The molecule has 33 heavy (non-hydrogen) atoms. The highest BCUT2D eigenvalue weighted by Crippen LogP contribution is 2.42. The van der Waals surface area contributed by atoms with Crippen LogP contribution in [0.1, 0.15) is 29.7 Å². The van der Waals surface area contributed by atoms with Crippen LogP contribution in [0.25, 0.3) is 5.76 Å². The molecule has 1 fully saturated rings. The number of Topliss-reactive ketones (excluding diaryl/α,β-unsaturated/α-hetero) is 1. The molecule has 174 valence electrons. The minimum atomic E-state index is -0.817. The Hall–Kier alpha value is -3.52. The molecule has 4 rings (SSSR count). The number of aliphatic hydroxyl groups excluding tert-OH is 1. The van der Waals surface area contributed by atoms with Crippen LogP contribution in [0, 0.1) is 0 Å². The largest absolute Gasteiger partial charge is 0.507 e. The molecule has 0 aromatic heterocycles. The lowest BCUT2D eigenvalue weighted by molar-refractivity contribution is -0.140. The SMILES string of the molecule is COc1cc(C2/C(=C(\O)c3ccc4c(c3)CC(C)O4)C(=O)C(=O)N2CCN(C)C)ccc1O. The number of aliphatic hydroxyl groups is 1. The second kappa shape index (κ2) is 8.78.